The van der Waals surface area contributed by atoms with Gasteiger partial charge in [0.15, 0.2) is 0 Å². The van der Waals surface area contributed by atoms with Crippen molar-refractivity contribution in [3.8, 4) is 5.69 Å². The van der Waals surface area contributed by atoms with E-state index in [-0.39, 0.29) is 29.5 Å². The zero-order chi connectivity index (χ0) is 27.3. The summed E-state index contributed by atoms with van der Waals surface area (Å²) >= 11 is 0. The van der Waals surface area contributed by atoms with Gasteiger partial charge in [0.25, 0.3) is 5.91 Å². The average molecular weight is 521 g/mol. The fourth-order valence-corrected chi connectivity index (χ4v) is 5.50. The van der Waals surface area contributed by atoms with Gasteiger partial charge < -0.3 is 10.6 Å². The quantitative estimate of drug-likeness (QED) is 0.356. The standard InChI is InChI=1S/C30H25FN6O2/c1-17-4-3-5-19(14-17)27-26(24-12-13-33-29(35-24)28(32)38)18(2)30(39)36(27)23-10-11-25-20(15-23)16-34-37(25)22-8-6-21(31)7-9-22/h3-16,18,26-27H,1-2H3,(H2,32,38). The maximum absolute atomic E-state index is 13.9. The minimum atomic E-state index is -0.721. The molecule has 1 aliphatic heterocycles. The third-order valence-corrected chi connectivity index (χ3v) is 7.31. The molecule has 5 aromatic rings. The van der Waals surface area contributed by atoms with Crippen molar-refractivity contribution in [2.24, 2.45) is 11.7 Å². The number of hydrogen-bond donors (Lipinski definition) is 1. The second kappa shape index (κ2) is 9.43. The molecule has 3 heterocycles. The van der Waals surface area contributed by atoms with Gasteiger partial charge in [0.2, 0.25) is 11.7 Å². The molecule has 2 amide bonds. The van der Waals surface area contributed by atoms with Gasteiger partial charge in [-0.3, -0.25) is 9.59 Å². The highest BCUT2D eigenvalue weighted by Gasteiger charge is 2.48. The number of halogens is 1. The predicted molar refractivity (Wildman–Crippen MR) is 145 cm³/mol. The molecular formula is C30H25FN6O2. The number of aromatic nitrogens is 4. The molecule has 1 aliphatic rings. The van der Waals surface area contributed by atoms with Crippen LogP contribution in [0.2, 0.25) is 0 Å². The van der Waals surface area contributed by atoms with Crippen molar-refractivity contribution in [1.82, 2.24) is 19.7 Å². The number of carbonyl (C=O) groups is 2. The Bertz CT molecular complexity index is 1730. The molecule has 2 N–H and O–H groups in total. The van der Waals surface area contributed by atoms with Gasteiger partial charge in [0.05, 0.1) is 29.1 Å². The maximum atomic E-state index is 13.9. The normalized spacial score (nSPS) is 19.1. The number of fused-ring (bicyclic) bond motifs is 1. The number of anilines is 1. The zero-order valence-electron chi connectivity index (χ0n) is 21.3. The first-order valence-electron chi connectivity index (χ1n) is 12.6. The van der Waals surface area contributed by atoms with Crippen LogP contribution in [0.1, 0.15) is 46.3 Å². The summed E-state index contributed by atoms with van der Waals surface area (Å²) in [5.41, 5.74) is 10.3. The number of hydrogen-bond acceptors (Lipinski definition) is 5. The molecule has 3 unspecified atom stereocenters. The first-order valence-corrected chi connectivity index (χ1v) is 12.6. The Balaban J connectivity index is 1.48. The number of nitrogens with two attached hydrogens (primary N) is 1. The summed E-state index contributed by atoms with van der Waals surface area (Å²) in [5.74, 6) is -1.95. The molecule has 3 atom stereocenters. The summed E-state index contributed by atoms with van der Waals surface area (Å²) in [4.78, 5) is 36.0. The van der Waals surface area contributed by atoms with Crippen LogP contribution < -0.4 is 10.6 Å². The molecule has 9 heteroatoms. The van der Waals surface area contributed by atoms with Gasteiger partial charge in [-0.15, -0.1) is 0 Å². The van der Waals surface area contributed by atoms with Crippen molar-refractivity contribution in [1.29, 1.82) is 0 Å². The second-order valence-electron chi connectivity index (χ2n) is 9.83. The summed E-state index contributed by atoms with van der Waals surface area (Å²) < 4.78 is 15.2. The topological polar surface area (TPSA) is 107 Å². The van der Waals surface area contributed by atoms with Gasteiger partial charge in [-0.2, -0.15) is 5.10 Å². The van der Waals surface area contributed by atoms with E-state index in [4.69, 9.17) is 5.73 Å². The van der Waals surface area contributed by atoms with Crippen molar-refractivity contribution in [2.75, 3.05) is 4.90 Å². The van der Waals surface area contributed by atoms with Crippen LogP contribution >= 0.6 is 0 Å². The Morgan fingerprint density at radius 2 is 1.77 bits per heavy atom. The monoisotopic (exact) mass is 520 g/mol. The van der Waals surface area contributed by atoms with Crippen LogP contribution in [0.5, 0.6) is 0 Å². The minimum Gasteiger partial charge on any atom is -0.363 e. The Hall–Kier alpha value is -4.92. The summed E-state index contributed by atoms with van der Waals surface area (Å²) in [6.45, 7) is 3.89. The van der Waals surface area contributed by atoms with E-state index >= 15 is 0 Å². The lowest BCUT2D eigenvalue weighted by atomic mass is 9.84. The summed E-state index contributed by atoms with van der Waals surface area (Å²) in [7, 11) is 0. The molecular weight excluding hydrogens is 495 g/mol. The van der Waals surface area contributed by atoms with E-state index in [1.54, 1.807) is 29.1 Å². The molecule has 8 nitrogen and oxygen atoms in total. The van der Waals surface area contributed by atoms with Crippen LogP contribution in [0.3, 0.4) is 0 Å². The lowest BCUT2D eigenvalue weighted by Crippen LogP contribution is -2.29. The Morgan fingerprint density at radius 1 is 1.00 bits per heavy atom. The minimum absolute atomic E-state index is 0.0592. The number of nitrogens with zero attached hydrogens (tertiary/aromatic N) is 5. The van der Waals surface area contributed by atoms with Gasteiger partial charge in [-0.25, -0.2) is 19.0 Å². The zero-order valence-corrected chi connectivity index (χ0v) is 21.3. The summed E-state index contributed by atoms with van der Waals surface area (Å²) in [5, 5.41) is 5.34. The molecule has 1 fully saturated rings. The molecule has 0 bridgehead atoms. The maximum Gasteiger partial charge on any atom is 0.286 e. The highest BCUT2D eigenvalue weighted by atomic mass is 19.1. The van der Waals surface area contributed by atoms with Gasteiger partial charge in [0.1, 0.15) is 5.82 Å². The number of aryl methyl sites for hydroxylation is 1. The van der Waals surface area contributed by atoms with E-state index in [0.717, 1.165) is 33.4 Å². The second-order valence-corrected chi connectivity index (χ2v) is 9.83. The highest BCUT2D eigenvalue weighted by Crippen LogP contribution is 2.49. The Labute approximate surface area is 223 Å². The highest BCUT2D eigenvalue weighted by molar-refractivity contribution is 6.01. The van der Waals surface area contributed by atoms with E-state index in [1.165, 1.54) is 18.3 Å². The van der Waals surface area contributed by atoms with Crippen LogP contribution in [-0.2, 0) is 4.79 Å². The van der Waals surface area contributed by atoms with Crippen LogP contribution in [-0.4, -0.2) is 31.6 Å². The van der Waals surface area contributed by atoms with E-state index in [0.29, 0.717) is 5.69 Å². The van der Waals surface area contributed by atoms with Gasteiger partial charge in [0, 0.05) is 29.1 Å². The van der Waals surface area contributed by atoms with Crippen molar-refractivity contribution >= 4 is 28.4 Å². The van der Waals surface area contributed by atoms with Gasteiger partial charge in [-0.1, -0.05) is 36.8 Å². The molecule has 0 aliphatic carbocycles. The molecule has 2 aromatic heterocycles. The van der Waals surface area contributed by atoms with Crippen LogP contribution in [0.4, 0.5) is 10.1 Å². The largest absolute Gasteiger partial charge is 0.363 e. The van der Waals surface area contributed by atoms with Gasteiger partial charge >= 0.3 is 0 Å². The molecule has 194 valence electrons. The van der Waals surface area contributed by atoms with Gasteiger partial charge in [-0.05, 0) is 61.0 Å². The van der Waals surface area contributed by atoms with Crippen molar-refractivity contribution in [3.63, 3.8) is 0 Å². The number of benzene rings is 3. The molecule has 0 saturated carbocycles. The molecule has 0 radical (unpaired) electrons. The van der Waals surface area contributed by atoms with E-state index in [1.807, 2.05) is 55.1 Å². The molecule has 3 aromatic carbocycles. The van der Waals surface area contributed by atoms with E-state index in [9.17, 15) is 14.0 Å². The van der Waals surface area contributed by atoms with Crippen molar-refractivity contribution in [2.45, 2.75) is 25.8 Å². The molecule has 1 saturated heterocycles. The predicted octanol–water partition coefficient (Wildman–Crippen LogP) is 4.87. The fourth-order valence-electron chi connectivity index (χ4n) is 5.50. The number of amides is 2. The Kier molecular flexibility index (Phi) is 5.91. The summed E-state index contributed by atoms with van der Waals surface area (Å²) in [6.07, 6.45) is 3.24. The van der Waals surface area contributed by atoms with E-state index in [2.05, 4.69) is 21.1 Å². The lowest BCUT2D eigenvalue weighted by Gasteiger charge is -2.29. The molecule has 39 heavy (non-hydrogen) atoms. The SMILES string of the molecule is Cc1cccc(C2C(c3ccnc(C(N)=O)n3)C(C)C(=O)N2c2ccc3c(cnn3-c3ccc(F)cc3)c2)c1. The first kappa shape index (κ1) is 24.4. The number of rotatable bonds is 5. The van der Waals surface area contributed by atoms with Crippen LogP contribution in [0.15, 0.2) is 85.2 Å². The molecule has 0 spiro atoms. The lowest BCUT2D eigenvalue weighted by molar-refractivity contribution is -0.120. The fraction of sp³-hybridized carbons (Fsp3) is 0.167. The number of carbonyl (C=O) groups excluding carboxylic acids is 2. The number of primary amides is 1. The molecule has 6 rings (SSSR count). The third kappa shape index (κ3) is 4.21. The Morgan fingerprint density at radius 3 is 2.51 bits per heavy atom. The van der Waals surface area contributed by atoms with E-state index < -0.39 is 11.8 Å². The van der Waals surface area contributed by atoms with Crippen LogP contribution in [0, 0.1) is 18.7 Å². The smallest absolute Gasteiger partial charge is 0.286 e. The summed E-state index contributed by atoms with van der Waals surface area (Å²) in [6, 6.07) is 21.3. The third-order valence-electron chi connectivity index (χ3n) is 7.31. The van der Waals surface area contributed by atoms with Crippen molar-refractivity contribution in [3.05, 3.63) is 114 Å². The van der Waals surface area contributed by atoms with Crippen molar-refractivity contribution < 1.29 is 14.0 Å². The van der Waals surface area contributed by atoms with Crippen LogP contribution in [0.25, 0.3) is 16.6 Å². The average Bonchev–Trinajstić information content (AvgIpc) is 3.47. The first-order chi connectivity index (χ1) is 18.8.